The highest BCUT2D eigenvalue weighted by Gasteiger charge is 2.30. The van der Waals surface area contributed by atoms with Crippen LogP contribution in [0.5, 0.6) is 11.5 Å². The van der Waals surface area contributed by atoms with E-state index in [2.05, 4.69) is 6.07 Å². The molecule has 0 aromatic heterocycles. The Morgan fingerprint density at radius 3 is 2.39 bits per heavy atom. The van der Waals surface area contributed by atoms with Crippen molar-refractivity contribution < 1.29 is 18.7 Å². The summed E-state index contributed by atoms with van der Waals surface area (Å²) in [5.41, 5.74) is 3.94. The zero-order valence-electron chi connectivity index (χ0n) is 16.6. The molecule has 4 rings (SSSR count). The molecule has 0 spiro atoms. The number of aryl methyl sites for hydroxylation is 1. The fourth-order valence-corrected chi connectivity index (χ4v) is 3.68. The summed E-state index contributed by atoms with van der Waals surface area (Å²) >= 11 is 0. The third kappa shape index (κ3) is 4.06. The minimum Gasteiger partial charge on any atom is -0.488 e. The van der Waals surface area contributed by atoms with Gasteiger partial charge in [0.15, 0.2) is 0 Å². The maximum atomic E-state index is 14.4. The van der Waals surface area contributed by atoms with Gasteiger partial charge in [0.1, 0.15) is 23.9 Å². The first-order valence-corrected chi connectivity index (χ1v) is 10.4. The first kappa shape index (κ1) is 19.0. The maximum Gasteiger partial charge on any atom is 0.310 e. The van der Waals surface area contributed by atoms with E-state index in [0.29, 0.717) is 36.2 Å². The molecule has 0 saturated heterocycles. The normalized spacial score (nSPS) is 16.1. The van der Waals surface area contributed by atoms with Crippen LogP contribution in [0.4, 0.5) is 4.39 Å². The monoisotopic (exact) mass is 382 g/mol. The molecular formula is C24H27FO3. The SMILES string of the molecule is CCC(=O)Oc1cccc(C2CC2)c1COc1cc(F)c(CC)cc1C1CC1. The zero-order chi connectivity index (χ0) is 19.7. The van der Waals surface area contributed by atoms with Crippen LogP contribution in [0.2, 0.25) is 0 Å². The standard InChI is InChI=1S/C24H27FO3/c1-3-15-12-19(17-10-11-17)23(13-21(15)25)27-14-20-18(16-8-9-16)6-5-7-22(20)28-24(26)4-2/h5-7,12-13,16-17H,3-4,8-11,14H2,1-2H3. The second kappa shape index (κ2) is 7.94. The van der Waals surface area contributed by atoms with E-state index in [9.17, 15) is 9.18 Å². The van der Waals surface area contributed by atoms with E-state index < -0.39 is 0 Å². The van der Waals surface area contributed by atoms with Crippen LogP contribution < -0.4 is 9.47 Å². The van der Waals surface area contributed by atoms with Crippen LogP contribution in [0.1, 0.15) is 80.0 Å². The van der Waals surface area contributed by atoms with Crippen molar-refractivity contribution in [2.45, 2.75) is 70.8 Å². The predicted molar refractivity (Wildman–Crippen MR) is 106 cm³/mol. The molecule has 2 aromatic rings. The Labute approximate surface area is 165 Å². The first-order valence-electron chi connectivity index (χ1n) is 10.4. The molecule has 2 aliphatic rings. The van der Waals surface area contributed by atoms with Gasteiger partial charge in [-0.25, -0.2) is 4.39 Å². The summed E-state index contributed by atoms with van der Waals surface area (Å²) in [4.78, 5) is 11.9. The van der Waals surface area contributed by atoms with E-state index in [1.807, 2.05) is 25.1 Å². The molecule has 0 aliphatic heterocycles. The summed E-state index contributed by atoms with van der Waals surface area (Å²) in [5.74, 6) is 1.68. The number of ether oxygens (including phenoxy) is 2. The molecule has 2 fully saturated rings. The molecule has 0 heterocycles. The van der Waals surface area contributed by atoms with Crippen molar-refractivity contribution in [2.24, 2.45) is 0 Å². The Morgan fingerprint density at radius 1 is 1.04 bits per heavy atom. The lowest BCUT2D eigenvalue weighted by Crippen LogP contribution is -2.10. The van der Waals surface area contributed by atoms with Crippen LogP contribution in [0, 0.1) is 5.82 Å². The average molecular weight is 382 g/mol. The van der Waals surface area contributed by atoms with Crippen LogP contribution in [-0.2, 0) is 17.8 Å². The van der Waals surface area contributed by atoms with E-state index in [-0.39, 0.29) is 18.4 Å². The highest BCUT2D eigenvalue weighted by molar-refractivity contribution is 5.72. The Morgan fingerprint density at radius 2 is 1.75 bits per heavy atom. The summed E-state index contributed by atoms with van der Waals surface area (Å²) in [6.07, 6.45) is 5.54. The van der Waals surface area contributed by atoms with E-state index in [1.54, 1.807) is 6.92 Å². The van der Waals surface area contributed by atoms with Gasteiger partial charge in [-0.15, -0.1) is 0 Å². The molecule has 0 radical (unpaired) electrons. The molecule has 28 heavy (non-hydrogen) atoms. The molecule has 0 N–H and O–H groups in total. The summed E-state index contributed by atoms with van der Waals surface area (Å²) in [7, 11) is 0. The van der Waals surface area contributed by atoms with Crippen LogP contribution in [0.3, 0.4) is 0 Å². The van der Waals surface area contributed by atoms with E-state index in [0.717, 1.165) is 42.4 Å². The fourth-order valence-electron chi connectivity index (χ4n) is 3.68. The smallest absolute Gasteiger partial charge is 0.310 e. The van der Waals surface area contributed by atoms with Gasteiger partial charge in [0.25, 0.3) is 0 Å². The van der Waals surface area contributed by atoms with E-state index in [1.165, 1.54) is 11.6 Å². The molecule has 2 aromatic carbocycles. The predicted octanol–water partition coefficient (Wildman–Crippen LogP) is 6.04. The third-order valence-electron chi connectivity index (χ3n) is 5.65. The summed E-state index contributed by atoms with van der Waals surface area (Å²) in [6, 6.07) is 9.33. The number of carbonyl (C=O) groups excluding carboxylic acids is 1. The molecule has 0 atom stereocenters. The average Bonchev–Trinajstić information content (AvgIpc) is 3.59. The lowest BCUT2D eigenvalue weighted by atomic mass is 10.0. The second-order valence-corrected chi connectivity index (χ2v) is 7.82. The number of hydrogen-bond acceptors (Lipinski definition) is 3. The molecular weight excluding hydrogens is 355 g/mol. The minimum absolute atomic E-state index is 0.213. The highest BCUT2D eigenvalue weighted by Crippen LogP contribution is 2.47. The summed E-state index contributed by atoms with van der Waals surface area (Å²) in [5, 5.41) is 0. The van der Waals surface area contributed by atoms with Crippen molar-refractivity contribution in [1.29, 1.82) is 0 Å². The largest absolute Gasteiger partial charge is 0.488 e. The number of esters is 1. The van der Waals surface area contributed by atoms with E-state index >= 15 is 0 Å². The number of benzene rings is 2. The Balaban J connectivity index is 1.63. The van der Waals surface area contributed by atoms with Crippen molar-refractivity contribution >= 4 is 5.97 Å². The number of carbonyl (C=O) groups is 1. The molecule has 4 heteroatoms. The molecule has 0 bridgehead atoms. The van der Waals surface area contributed by atoms with Crippen molar-refractivity contribution in [3.63, 3.8) is 0 Å². The van der Waals surface area contributed by atoms with Crippen molar-refractivity contribution in [3.8, 4) is 11.5 Å². The number of halogens is 1. The molecule has 2 saturated carbocycles. The molecule has 2 aliphatic carbocycles. The summed E-state index contributed by atoms with van der Waals surface area (Å²) < 4.78 is 26.1. The Kier molecular flexibility index (Phi) is 5.38. The molecule has 148 valence electrons. The molecule has 0 unspecified atom stereocenters. The highest BCUT2D eigenvalue weighted by atomic mass is 19.1. The van der Waals surface area contributed by atoms with Crippen LogP contribution >= 0.6 is 0 Å². The molecule has 0 amide bonds. The van der Waals surface area contributed by atoms with Crippen LogP contribution in [-0.4, -0.2) is 5.97 Å². The lowest BCUT2D eigenvalue weighted by molar-refractivity contribution is -0.134. The van der Waals surface area contributed by atoms with Crippen molar-refractivity contribution in [1.82, 2.24) is 0 Å². The second-order valence-electron chi connectivity index (χ2n) is 7.82. The van der Waals surface area contributed by atoms with Gasteiger partial charge in [-0.05, 0) is 72.8 Å². The van der Waals surface area contributed by atoms with Crippen LogP contribution in [0.15, 0.2) is 30.3 Å². The van der Waals surface area contributed by atoms with Gasteiger partial charge < -0.3 is 9.47 Å². The number of hydrogen-bond donors (Lipinski definition) is 0. The fraction of sp³-hybridized carbons (Fsp3) is 0.458. The topological polar surface area (TPSA) is 35.5 Å². The van der Waals surface area contributed by atoms with Crippen molar-refractivity contribution in [3.05, 3.63) is 58.4 Å². The first-order chi connectivity index (χ1) is 13.6. The van der Waals surface area contributed by atoms with Gasteiger partial charge in [-0.3, -0.25) is 4.79 Å². The Hall–Kier alpha value is -2.36. The van der Waals surface area contributed by atoms with Gasteiger partial charge in [0.05, 0.1) is 0 Å². The van der Waals surface area contributed by atoms with E-state index in [4.69, 9.17) is 9.47 Å². The Bertz CT molecular complexity index is 882. The summed E-state index contributed by atoms with van der Waals surface area (Å²) in [6.45, 7) is 4.03. The number of rotatable bonds is 8. The quantitative estimate of drug-likeness (QED) is 0.413. The lowest BCUT2D eigenvalue weighted by Gasteiger charge is -2.17. The van der Waals surface area contributed by atoms with Gasteiger partial charge >= 0.3 is 5.97 Å². The van der Waals surface area contributed by atoms with Gasteiger partial charge in [0, 0.05) is 18.1 Å². The molecule has 3 nitrogen and oxygen atoms in total. The van der Waals surface area contributed by atoms with Crippen molar-refractivity contribution in [2.75, 3.05) is 0 Å². The minimum atomic E-state index is -0.258. The maximum absolute atomic E-state index is 14.4. The van der Waals surface area contributed by atoms with Gasteiger partial charge in [-0.2, -0.15) is 0 Å². The van der Waals surface area contributed by atoms with Crippen LogP contribution in [0.25, 0.3) is 0 Å². The van der Waals surface area contributed by atoms with Gasteiger partial charge in [0.2, 0.25) is 0 Å². The third-order valence-corrected chi connectivity index (χ3v) is 5.65. The van der Waals surface area contributed by atoms with Gasteiger partial charge in [-0.1, -0.05) is 26.0 Å². The zero-order valence-corrected chi connectivity index (χ0v) is 16.6.